The van der Waals surface area contributed by atoms with Gasteiger partial charge in [0.25, 0.3) is 0 Å². The highest BCUT2D eigenvalue weighted by molar-refractivity contribution is 14.1. The van der Waals surface area contributed by atoms with E-state index in [-0.39, 0.29) is 5.78 Å². The molecular formula is C11H9BrINO. The molecule has 0 spiro atoms. The number of carbonyl (C=O) groups excluding carboxylic acids is 1. The quantitative estimate of drug-likeness (QED) is 0.796. The maximum Gasteiger partial charge on any atom is 0.157 e. The summed E-state index contributed by atoms with van der Waals surface area (Å²) < 4.78 is 2.19. The Bertz CT molecular complexity index is 442. The number of rotatable bonds is 2. The minimum absolute atomic E-state index is 0.211. The lowest BCUT2D eigenvalue weighted by atomic mass is 10.3. The van der Waals surface area contributed by atoms with E-state index in [1.54, 1.807) is 6.08 Å². The second-order valence-corrected chi connectivity index (χ2v) is 5.46. The van der Waals surface area contributed by atoms with Crippen molar-refractivity contribution in [2.24, 2.45) is 0 Å². The van der Waals surface area contributed by atoms with Gasteiger partial charge in [0.1, 0.15) is 0 Å². The number of carbonyl (C=O) groups is 1. The standard InChI is InChI=1S/C11H9BrINO/c12-7-1-4-10(13)11(5-7)14-8-2-3-9(15)6-8/h1,4-6,14H,2-3H2. The summed E-state index contributed by atoms with van der Waals surface area (Å²) in [6, 6.07) is 6.05. The highest BCUT2D eigenvalue weighted by Crippen LogP contribution is 2.26. The number of halogens is 2. The van der Waals surface area contributed by atoms with Crippen LogP contribution >= 0.6 is 38.5 Å². The van der Waals surface area contributed by atoms with E-state index in [1.807, 2.05) is 18.2 Å². The van der Waals surface area contributed by atoms with Gasteiger partial charge in [-0.1, -0.05) is 15.9 Å². The van der Waals surface area contributed by atoms with E-state index in [9.17, 15) is 4.79 Å². The van der Waals surface area contributed by atoms with Crippen LogP contribution in [0.3, 0.4) is 0 Å². The van der Waals surface area contributed by atoms with Gasteiger partial charge in [0.15, 0.2) is 5.78 Å². The van der Waals surface area contributed by atoms with E-state index in [0.717, 1.165) is 25.8 Å². The Morgan fingerprint density at radius 1 is 1.33 bits per heavy atom. The Balaban J connectivity index is 2.20. The van der Waals surface area contributed by atoms with Crippen LogP contribution in [0.1, 0.15) is 12.8 Å². The van der Waals surface area contributed by atoms with Gasteiger partial charge in [-0.2, -0.15) is 0 Å². The fraction of sp³-hybridized carbons (Fsp3) is 0.182. The Morgan fingerprint density at radius 3 is 2.80 bits per heavy atom. The van der Waals surface area contributed by atoms with E-state index >= 15 is 0 Å². The van der Waals surface area contributed by atoms with Gasteiger partial charge in [-0.05, 0) is 47.2 Å². The van der Waals surface area contributed by atoms with E-state index < -0.39 is 0 Å². The number of anilines is 1. The average molecular weight is 378 g/mol. The van der Waals surface area contributed by atoms with Crippen LogP contribution in [0.25, 0.3) is 0 Å². The predicted octanol–water partition coefficient (Wildman–Crippen LogP) is 3.71. The third-order valence-electron chi connectivity index (χ3n) is 2.20. The molecule has 0 aliphatic heterocycles. The third-order valence-corrected chi connectivity index (χ3v) is 3.63. The van der Waals surface area contributed by atoms with Crippen LogP contribution in [0.4, 0.5) is 5.69 Å². The second-order valence-electron chi connectivity index (χ2n) is 3.39. The molecular weight excluding hydrogens is 369 g/mol. The molecule has 2 rings (SSSR count). The number of ketones is 1. The molecule has 78 valence electrons. The Kier molecular flexibility index (Phi) is 3.45. The minimum Gasteiger partial charge on any atom is -0.358 e. The van der Waals surface area contributed by atoms with Crippen molar-refractivity contribution in [3.63, 3.8) is 0 Å². The Hall–Kier alpha value is -0.360. The smallest absolute Gasteiger partial charge is 0.157 e. The second kappa shape index (κ2) is 4.65. The number of nitrogens with one attached hydrogen (secondary N) is 1. The molecule has 0 amide bonds. The molecule has 0 heterocycles. The maximum absolute atomic E-state index is 11.1. The number of benzene rings is 1. The molecule has 0 radical (unpaired) electrons. The van der Waals surface area contributed by atoms with Crippen molar-refractivity contribution in [1.29, 1.82) is 0 Å². The van der Waals surface area contributed by atoms with Crippen LogP contribution < -0.4 is 5.32 Å². The molecule has 0 saturated carbocycles. The van der Waals surface area contributed by atoms with Gasteiger partial charge in [-0.3, -0.25) is 4.79 Å². The van der Waals surface area contributed by atoms with Crippen molar-refractivity contribution in [2.75, 3.05) is 5.32 Å². The minimum atomic E-state index is 0.211. The van der Waals surface area contributed by atoms with Crippen LogP contribution in [0.15, 0.2) is 34.4 Å². The lowest BCUT2D eigenvalue weighted by Gasteiger charge is -2.09. The summed E-state index contributed by atoms with van der Waals surface area (Å²) in [5.41, 5.74) is 2.06. The van der Waals surface area contributed by atoms with Gasteiger partial charge in [0.2, 0.25) is 0 Å². The summed E-state index contributed by atoms with van der Waals surface area (Å²) >= 11 is 5.70. The normalized spacial score (nSPS) is 15.3. The van der Waals surface area contributed by atoms with Crippen LogP contribution in [0.2, 0.25) is 0 Å². The predicted molar refractivity (Wildman–Crippen MR) is 72.8 cm³/mol. The van der Waals surface area contributed by atoms with Gasteiger partial charge in [0, 0.05) is 26.2 Å². The first-order valence-corrected chi connectivity index (χ1v) is 6.48. The van der Waals surface area contributed by atoms with Gasteiger partial charge in [-0.25, -0.2) is 0 Å². The fourth-order valence-electron chi connectivity index (χ4n) is 1.46. The summed E-state index contributed by atoms with van der Waals surface area (Å²) in [5, 5.41) is 3.28. The van der Waals surface area contributed by atoms with Gasteiger partial charge in [0.05, 0.1) is 5.69 Å². The Morgan fingerprint density at radius 2 is 2.13 bits per heavy atom. The van der Waals surface area contributed by atoms with Crippen molar-refractivity contribution >= 4 is 50.0 Å². The monoisotopic (exact) mass is 377 g/mol. The van der Waals surface area contributed by atoms with E-state index in [1.165, 1.54) is 0 Å². The van der Waals surface area contributed by atoms with E-state index in [2.05, 4.69) is 43.8 Å². The highest BCUT2D eigenvalue weighted by atomic mass is 127. The zero-order valence-corrected chi connectivity index (χ0v) is 11.6. The molecule has 0 atom stereocenters. The Labute approximate surface area is 110 Å². The third kappa shape index (κ3) is 2.81. The number of hydrogen-bond acceptors (Lipinski definition) is 2. The van der Waals surface area contributed by atoms with Crippen molar-refractivity contribution in [1.82, 2.24) is 0 Å². The molecule has 0 unspecified atom stereocenters. The molecule has 1 aliphatic carbocycles. The largest absolute Gasteiger partial charge is 0.358 e. The molecule has 0 aromatic heterocycles. The zero-order valence-electron chi connectivity index (χ0n) is 7.89. The molecule has 15 heavy (non-hydrogen) atoms. The lowest BCUT2D eigenvalue weighted by Crippen LogP contribution is -1.98. The summed E-state index contributed by atoms with van der Waals surface area (Å²) in [4.78, 5) is 11.1. The molecule has 2 nitrogen and oxygen atoms in total. The SMILES string of the molecule is O=C1C=C(Nc2cc(Br)ccc2I)CC1. The summed E-state index contributed by atoms with van der Waals surface area (Å²) in [7, 11) is 0. The first-order chi connectivity index (χ1) is 7.15. The van der Waals surface area contributed by atoms with Crippen LogP contribution in [0.5, 0.6) is 0 Å². The number of allylic oxidation sites excluding steroid dienone is 2. The van der Waals surface area contributed by atoms with Crippen molar-refractivity contribution in [3.8, 4) is 0 Å². The van der Waals surface area contributed by atoms with Crippen LogP contribution in [0, 0.1) is 3.57 Å². The van der Waals surface area contributed by atoms with E-state index in [4.69, 9.17) is 0 Å². The molecule has 0 bridgehead atoms. The lowest BCUT2D eigenvalue weighted by molar-refractivity contribution is -0.114. The van der Waals surface area contributed by atoms with Crippen molar-refractivity contribution in [2.45, 2.75) is 12.8 Å². The molecule has 1 aliphatic rings. The molecule has 0 fully saturated rings. The van der Waals surface area contributed by atoms with Gasteiger partial charge >= 0.3 is 0 Å². The molecule has 0 saturated heterocycles. The van der Waals surface area contributed by atoms with E-state index in [0.29, 0.717) is 6.42 Å². The maximum atomic E-state index is 11.1. The highest BCUT2D eigenvalue weighted by Gasteiger charge is 2.12. The van der Waals surface area contributed by atoms with Gasteiger partial charge in [-0.15, -0.1) is 0 Å². The zero-order chi connectivity index (χ0) is 10.8. The number of hydrogen-bond donors (Lipinski definition) is 1. The summed E-state index contributed by atoms with van der Waals surface area (Å²) in [6.07, 6.45) is 3.14. The first-order valence-electron chi connectivity index (χ1n) is 4.60. The van der Waals surface area contributed by atoms with Gasteiger partial charge < -0.3 is 5.32 Å². The fourth-order valence-corrected chi connectivity index (χ4v) is 2.29. The van der Waals surface area contributed by atoms with Crippen LogP contribution in [-0.2, 0) is 4.79 Å². The molecule has 1 aromatic rings. The van der Waals surface area contributed by atoms with Crippen LogP contribution in [-0.4, -0.2) is 5.78 Å². The molecule has 1 aromatic carbocycles. The summed E-state index contributed by atoms with van der Waals surface area (Å²) in [5.74, 6) is 0.211. The van der Waals surface area contributed by atoms with Crippen molar-refractivity contribution < 1.29 is 4.79 Å². The summed E-state index contributed by atoms with van der Waals surface area (Å²) in [6.45, 7) is 0. The van der Waals surface area contributed by atoms with Crippen molar-refractivity contribution in [3.05, 3.63) is 38.0 Å². The topological polar surface area (TPSA) is 29.1 Å². The molecule has 4 heteroatoms. The molecule has 1 N–H and O–H groups in total. The first kappa shape index (κ1) is 11.1. The average Bonchev–Trinajstić information content (AvgIpc) is 2.58.